The Morgan fingerprint density at radius 3 is 2.84 bits per heavy atom. The molecule has 3 rings (SSSR count). The lowest BCUT2D eigenvalue weighted by molar-refractivity contribution is 0.900. The Hall–Kier alpha value is -1.13. The van der Waals surface area contributed by atoms with Crippen molar-refractivity contribution in [2.24, 2.45) is 0 Å². The van der Waals surface area contributed by atoms with E-state index in [1.54, 1.807) is 0 Å². The van der Waals surface area contributed by atoms with Crippen molar-refractivity contribution in [3.63, 3.8) is 0 Å². The maximum atomic E-state index is 6.28. The molecule has 0 aliphatic heterocycles. The van der Waals surface area contributed by atoms with Crippen molar-refractivity contribution in [3.05, 3.63) is 39.0 Å². The first-order valence-corrected chi connectivity index (χ1v) is 7.39. The summed E-state index contributed by atoms with van der Waals surface area (Å²) < 4.78 is 0.955. The van der Waals surface area contributed by atoms with Crippen LogP contribution in [0.4, 0.5) is 5.82 Å². The van der Waals surface area contributed by atoms with Crippen molar-refractivity contribution in [2.45, 2.75) is 19.3 Å². The minimum Gasteiger partial charge on any atom is -0.373 e. The highest BCUT2D eigenvalue weighted by atomic mass is 79.9. The summed E-state index contributed by atoms with van der Waals surface area (Å²) in [5.74, 6) is 1.62. The van der Waals surface area contributed by atoms with E-state index in [0.717, 1.165) is 40.8 Å². The first-order chi connectivity index (χ1) is 9.19. The molecule has 0 atom stereocenters. The monoisotopic (exact) mass is 337 g/mol. The molecule has 0 amide bonds. The van der Waals surface area contributed by atoms with Crippen LogP contribution in [0.25, 0.3) is 11.4 Å². The van der Waals surface area contributed by atoms with Gasteiger partial charge in [0.05, 0.1) is 5.02 Å². The highest BCUT2D eigenvalue weighted by molar-refractivity contribution is 9.10. The van der Waals surface area contributed by atoms with Crippen molar-refractivity contribution in [1.29, 1.82) is 0 Å². The third-order valence-electron chi connectivity index (χ3n) is 3.34. The summed E-state index contributed by atoms with van der Waals surface area (Å²) >= 11 is 9.69. The van der Waals surface area contributed by atoms with Crippen LogP contribution in [0.3, 0.4) is 0 Å². The molecule has 0 saturated heterocycles. The van der Waals surface area contributed by atoms with E-state index in [-0.39, 0.29) is 0 Å². The molecule has 1 aromatic heterocycles. The van der Waals surface area contributed by atoms with Crippen molar-refractivity contribution >= 4 is 33.3 Å². The fourth-order valence-electron chi connectivity index (χ4n) is 2.43. The second-order valence-corrected chi connectivity index (χ2v) is 5.87. The smallest absolute Gasteiger partial charge is 0.163 e. The Labute approximate surface area is 125 Å². The number of anilines is 1. The first-order valence-electron chi connectivity index (χ1n) is 6.22. The number of halogens is 2. The van der Waals surface area contributed by atoms with Crippen LogP contribution in [0.15, 0.2) is 22.7 Å². The van der Waals surface area contributed by atoms with Gasteiger partial charge in [0, 0.05) is 28.3 Å². The van der Waals surface area contributed by atoms with Gasteiger partial charge in [0.25, 0.3) is 0 Å². The molecule has 19 heavy (non-hydrogen) atoms. The van der Waals surface area contributed by atoms with Crippen molar-refractivity contribution in [1.82, 2.24) is 9.97 Å². The van der Waals surface area contributed by atoms with Crippen LogP contribution >= 0.6 is 27.5 Å². The van der Waals surface area contributed by atoms with Crippen LogP contribution in [0.5, 0.6) is 0 Å². The summed E-state index contributed by atoms with van der Waals surface area (Å²) in [6.45, 7) is 0. The maximum absolute atomic E-state index is 6.28. The lowest BCUT2D eigenvalue weighted by atomic mass is 10.2. The van der Waals surface area contributed by atoms with Gasteiger partial charge in [0.2, 0.25) is 0 Å². The van der Waals surface area contributed by atoms with Gasteiger partial charge in [-0.1, -0.05) is 27.5 Å². The second kappa shape index (κ2) is 5.10. The largest absolute Gasteiger partial charge is 0.373 e. The number of aromatic nitrogens is 2. The molecule has 5 heteroatoms. The zero-order chi connectivity index (χ0) is 13.4. The third-order valence-corrected chi connectivity index (χ3v) is 4.15. The van der Waals surface area contributed by atoms with E-state index in [1.165, 1.54) is 5.56 Å². The van der Waals surface area contributed by atoms with Gasteiger partial charge < -0.3 is 5.32 Å². The summed E-state index contributed by atoms with van der Waals surface area (Å²) in [4.78, 5) is 9.27. The van der Waals surface area contributed by atoms with Gasteiger partial charge >= 0.3 is 0 Å². The molecule has 1 aromatic carbocycles. The summed E-state index contributed by atoms with van der Waals surface area (Å²) in [6.07, 6.45) is 3.23. The molecule has 1 heterocycles. The van der Waals surface area contributed by atoms with E-state index in [9.17, 15) is 0 Å². The zero-order valence-electron chi connectivity index (χ0n) is 10.5. The average Bonchev–Trinajstić information content (AvgIpc) is 2.85. The molecule has 1 aliphatic rings. The lowest BCUT2D eigenvalue weighted by Crippen LogP contribution is -2.03. The number of hydrogen-bond acceptors (Lipinski definition) is 3. The highest BCUT2D eigenvalue weighted by Crippen LogP contribution is 2.32. The van der Waals surface area contributed by atoms with Gasteiger partial charge in [-0.2, -0.15) is 0 Å². The van der Waals surface area contributed by atoms with E-state index in [0.29, 0.717) is 10.8 Å². The predicted molar refractivity (Wildman–Crippen MR) is 81.7 cm³/mol. The molecule has 0 saturated carbocycles. The summed E-state index contributed by atoms with van der Waals surface area (Å²) in [5.41, 5.74) is 3.27. The van der Waals surface area contributed by atoms with Crippen LogP contribution in [0.1, 0.15) is 17.7 Å². The molecule has 2 aromatic rings. The van der Waals surface area contributed by atoms with Crippen molar-refractivity contribution in [2.75, 3.05) is 12.4 Å². The van der Waals surface area contributed by atoms with Gasteiger partial charge in [-0.15, -0.1) is 0 Å². The van der Waals surface area contributed by atoms with Crippen LogP contribution in [-0.4, -0.2) is 17.0 Å². The fourth-order valence-corrected chi connectivity index (χ4v) is 3.19. The van der Waals surface area contributed by atoms with Gasteiger partial charge in [-0.25, -0.2) is 9.97 Å². The Kier molecular flexibility index (Phi) is 3.46. The average molecular weight is 339 g/mol. The van der Waals surface area contributed by atoms with Gasteiger partial charge in [-0.3, -0.25) is 0 Å². The Balaban J connectivity index is 2.15. The molecule has 0 bridgehead atoms. The number of aryl methyl sites for hydroxylation is 1. The number of hydrogen-bond donors (Lipinski definition) is 1. The van der Waals surface area contributed by atoms with E-state index in [2.05, 4.69) is 31.2 Å². The minimum atomic E-state index is 0.661. The molecule has 0 radical (unpaired) electrons. The van der Waals surface area contributed by atoms with E-state index >= 15 is 0 Å². The van der Waals surface area contributed by atoms with Crippen molar-refractivity contribution < 1.29 is 0 Å². The number of nitrogens with zero attached hydrogens (tertiary/aromatic N) is 2. The molecular formula is C14H13BrClN3. The number of nitrogens with one attached hydrogen (secondary N) is 1. The molecule has 1 N–H and O–H groups in total. The van der Waals surface area contributed by atoms with Gasteiger partial charge in [0.15, 0.2) is 5.82 Å². The van der Waals surface area contributed by atoms with Crippen LogP contribution in [0.2, 0.25) is 5.02 Å². The molecule has 0 unspecified atom stereocenters. The fraction of sp³-hybridized carbons (Fsp3) is 0.286. The molecular weight excluding hydrogens is 326 g/mol. The predicted octanol–water partition coefficient (Wildman–Crippen LogP) is 4.09. The number of rotatable bonds is 2. The standard InChI is InChI=1S/C14H13BrClN3/c1-17-13-10-3-2-4-12(10)18-14(19-13)9-6-5-8(15)7-11(9)16/h5-7H,2-4H2,1H3,(H,17,18,19). The summed E-state index contributed by atoms with van der Waals surface area (Å²) in [5, 5.41) is 3.83. The Morgan fingerprint density at radius 2 is 2.11 bits per heavy atom. The zero-order valence-corrected chi connectivity index (χ0v) is 12.8. The normalized spacial score (nSPS) is 13.4. The lowest BCUT2D eigenvalue weighted by Gasteiger charge is -2.10. The quantitative estimate of drug-likeness (QED) is 0.896. The SMILES string of the molecule is CNc1nc(-c2ccc(Br)cc2Cl)nc2c1CCC2. The maximum Gasteiger partial charge on any atom is 0.163 e. The van der Waals surface area contributed by atoms with Crippen molar-refractivity contribution in [3.8, 4) is 11.4 Å². The number of fused-ring (bicyclic) bond motifs is 1. The van der Waals surface area contributed by atoms with Crippen LogP contribution in [0, 0.1) is 0 Å². The van der Waals surface area contributed by atoms with Crippen LogP contribution in [-0.2, 0) is 12.8 Å². The molecule has 0 spiro atoms. The molecule has 3 nitrogen and oxygen atoms in total. The number of benzene rings is 1. The Bertz CT molecular complexity index is 643. The van der Waals surface area contributed by atoms with E-state index in [4.69, 9.17) is 11.6 Å². The minimum absolute atomic E-state index is 0.661. The Morgan fingerprint density at radius 1 is 1.26 bits per heavy atom. The highest BCUT2D eigenvalue weighted by Gasteiger charge is 2.20. The second-order valence-electron chi connectivity index (χ2n) is 4.55. The van der Waals surface area contributed by atoms with Gasteiger partial charge in [-0.05, 0) is 37.5 Å². The molecule has 1 aliphatic carbocycles. The molecule has 0 fully saturated rings. The molecule has 98 valence electrons. The topological polar surface area (TPSA) is 37.8 Å². The van der Waals surface area contributed by atoms with E-state index < -0.39 is 0 Å². The third kappa shape index (κ3) is 2.35. The van der Waals surface area contributed by atoms with E-state index in [1.807, 2.05) is 25.2 Å². The summed E-state index contributed by atoms with van der Waals surface area (Å²) in [7, 11) is 1.90. The van der Waals surface area contributed by atoms with Crippen LogP contribution < -0.4 is 5.32 Å². The van der Waals surface area contributed by atoms with Gasteiger partial charge in [0.1, 0.15) is 5.82 Å². The first kappa shape index (κ1) is 12.9. The summed E-state index contributed by atoms with van der Waals surface area (Å²) in [6, 6.07) is 5.77.